The minimum atomic E-state index is 0.616. The van der Waals surface area contributed by atoms with Gasteiger partial charge in [-0.15, -0.1) is 5.10 Å². The fourth-order valence-corrected chi connectivity index (χ4v) is 2.50. The van der Waals surface area contributed by atoms with Gasteiger partial charge in [-0.05, 0) is 41.9 Å². The molecule has 0 spiro atoms. The van der Waals surface area contributed by atoms with Gasteiger partial charge in [-0.2, -0.15) is 10.1 Å². The van der Waals surface area contributed by atoms with Crippen LogP contribution < -0.4 is 5.32 Å². The standard InChI is InChI=1S/C13H15BrN6/c1-8-11(9(2)19(3)17-8)6-15-13-16-12-5-4-10(14)7-20(12)18-13/h4-5,7H,6H2,1-3H3,(H,15,18). The summed E-state index contributed by atoms with van der Waals surface area (Å²) in [5, 5.41) is 12.0. The van der Waals surface area contributed by atoms with Crippen molar-refractivity contribution in [2.24, 2.45) is 7.05 Å². The van der Waals surface area contributed by atoms with Gasteiger partial charge >= 0.3 is 0 Å². The van der Waals surface area contributed by atoms with E-state index >= 15 is 0 Å². The van der Waals surface area contributed by atoms with Crippen LogP contribution in [0, 0.1) is 13.8 Å². The van der Waals surface area contributed by atoms with E-state index in [0.717, 1.165) is 21.5 Å². The molecule has 3 aromatic heterocycles. The zero-order valence-corrected chi connectivity index (χ0v) is 13.1. The Morgan fingerprint density at radius 2 is 2.05 bits per heavy atom. The number of nitrogens with zero attached hydrogens (tertiary/aromatic N) is 5. The molecule has 0 aromatic carbocycles. The molecule has 0 atom stereocenters. The number of aryl methyl sites for hydroxylation is 2. The number of hydrogen-bond donors (Lipinski definition) is 1. The number of pyridine rings is 1. The average Bonchev–Trinajstić information content (AvgIpc) is 2.89. The molecule has 0 saturated heterocycles. The maximum Gasteiger partial charge on any atom is 0.243 e. The van der Waals surface area contributed by atoms with Gasteiger partial charge in [0.05, 0.1) is 5.69 Å². The predicted molar refractivity (Wildman–Crippen MR) is 80.7 cm³/mol. The Hall–Kier alpha value is -1.89. The van der Waals surface area contributed by atoms with Crippen LogP contribution in [0.5, 0.6) is 0 Å². The fraction of sp³-hybridized carbons (Fsp3) is 0.308. The van der Waals surface area contributed by atoms with Gasteiger partial charge in [0.2, 0.25) is 5.95 Å². The lowest BCUT2D eigenvalue weighted by Gasteiger charge is -2.02. The quantitative estimate of drug-likeness (QED) is 0.799. The Morgan fingerprint density at radius 3 is 2.75 bits per heavy atom. The van der Waals surface area contributed by atoms with E-state index in [9.17, 15) is 0 Å². The summed E-state index contributed by atoms with van der Waals surface area (Å²) in [6.45, 7) is 4.74. The second kappa shape index (κ2) is 4.90. The Bertz CT molecular complexity index is 773. The van der Waals surface area contributed by atoms with E-state index < -0.39 is 0 Å². The molecule has 0 saturated carbocycles. The van der Waals surface area contributed by atoms with E-state index in [-0.39, 0.29) is 0 Å². The molecule has 20 heavy (non-hydrogen) atoms. The van der Waals surface area contributed by atoms with Crippen molar-refractivity contribution in [1.82, 2.24) is 24.4 Å². The molecule has 7 heteroatoms. The third kappa shape index (κ3) is 2.29. The number of aromatic nitrogens is 5. The van der Waals surface area contributed by atoms with Gasteiger partial charge in [0.1, 0.15) is 0 Å². The third-order valence-corrected chi connectivity index (χ3v) is 3.85. The minimum Gasteiger partial charge on any atom is -0.349 e. The van der Waals surface area contributed by atoms with Gasteiger partial charge in [-0.25, -0.2) is 4.52 Å². The summed E-state index contributed by atoms with van der Waals surface area (Å²) in [6, 6.07) is 3.87. The molecule has 104 valence electrons. The van der Waals surface area contributed by atoms with Crippen molar-refractivity contribution >= 4 is 27.5 Å². The van der Waals surface area contributed by atoms with Crippen LogP contribution in [0.4, 0.5) is 5.95 Å². The van der Waals surface area contributed by atoms with Crippen LogP contribution in [0.3, 0.4) is 0 Å². The largest absolute Gasteiger partial charge is 0.349 e. The second-order valence-corrected chi connectivity index (χ2v) is 5.63. The first kappa shape index (κ1) is 13.1. The molecule has 0 unspecified atom stereocenters. The molecule has 1 N–H and O–H groups in total. The molecular formula is C13H15BrN6. The smallest absolute Gasteiger partial charge is 0.243 e. The van der Waals surface area contributed by atoms with Crippen molar-refractivity contribution < 1.29 is 0 Å². The molecule has 0 bridgehead atoms. The summed E-state index contributed by atoms with van der Waals surface area (Å²) in [5.41, 5.74) is 4.19. The predicted octanol–water partition coefficient (Wildman–Crippen LogP) is 2.45. The lowest BCUT2D eigenvalue weighted by molar-refractivity contribution is 0.730. The number of hydrogen-bond acceptors (Lipinski definition) is 4. The number of anilines is 1. The maximum absolute atomic E-state index is 4.43. The van der Waals surface area contributed by atoms with E-state index in [1.165, 1.54) is 5.56 Å². The van der Waals surface area contributed by atoms with Crippen molar-refractivity contribution in [1.29, 1.82) is 0 Å². The Balaban J connectivity index is 1.83. The van der Waals surface area contributed by atoms with Crippen LogP contribution in [0.2, 0.25) is 0 Å². The molecule has 6 nitrogen and oxygen atoms in total. The summed E-state index contributed by atoms with van der Waals surface area (Å²) in [6.07, 6.45) is 1.88. The normalized spacial score (nSPS) is 11.2. The first-order valence-corrected chi connectivity index (χ1v) is 7.09. The van der Waals surface area contributed by atoms with Crippen molar-refractivity contribution in [2.45, 2.75) is 20.4 Å². The van der Waals surface area contributed by atoms with Crippen molar-refractivity contribution in [3.05, 3.63) is 39.8 Å². The molecule has 3 rings (SSSR count). The van der Waals surface area contributed by atoms with Gasteiger partial charge in [0, 0.05) is 35.5 Å². The topological polar surface area (TPSA) is 60.0 Å². The third-order valence-electron chi connectivity index (χ3n) is 3.38. The highest BCUT2D eigenvalue weighted by Crippen LogP contribution is 2.15. The molecule has 0 aliphatic carbocycles. The molecule has 0 aliphatic heterocycles. The lowest BCUT2D eigenvalue weighted by Crippen LogP contribution is -2.03. The van der Waals surface area contributed by atoms with E-state index in [4.69, 9.17) is 0 Å². The highest BCUT2D eigenvalue weighted by Gasteiger charge is 2.10. The van der Waals surface area contributed by atoms with E-state index in [0.29, 0.717) is 12.5 Å². The van der Waals surface area contributed by atoms with Gasteiger partial charge in [0.15, 0.2) is 5.65 Å². The number of halogens is 1. The highest BCUT2D eigenvalue weighted by molar-refractivity contribution is 9.10. The van der Waals surface area contributed by atoms with Crippen LogP contribution in [0.15, 0.2) is 22.8 Å². The SMILES string of the molecule is Cc1nn(C)c(C)c1CNc1nc2ccc(Br)cn2n1. The van der Waals surface area contributed by atoms with Gasteiger partial charge < -0.3 is 5.32 Å². The summed E-state index contributed by atoms with van der Waals surface area (Å²) in [7, 11) is 1.95. The lowest BCUT2D eigenvalue weighted by atomic mass is 10.2. The monoisotopic (exact) mass is 334 g/mol. The van der Waals surface area contributed by atoms with Crippen molar-refractivity contribution in [3.8, 4) is 0 Å². The summed E-state index contributed by atoms with van der Waals surface area (Å²) in [4.78, 5) is 4.43. The van der Waals surface area contributed by atoms with Crippen molar-refractivity contribution in [2.75, 3.05) is 5.32 Å². The van der Waals surface area contributed by atoms with E-state index in [1.54, 1.807) is 4.52 Å². The molecule has 0 fully saturated rings. The summed E-state index contributed by atoms with van der Waals surface area (Å²) < 4.78 is 4.61. The first-order chi connectivity index (χ1) is 9.54. The van der Waals surface area contributed by atoms with E-state index in [2.05, 4.69) is 43.4 Å². The Morgan fingerprint density at radius 1 is 1.25 bits per heavy atom. The van der Waals surface area contributed by atoms with Crippen LogP contribution in [-0.4, -0.2) is 24.4 Å². The average molecular weight is 335 g/mol. The second-order valence-electron chi connectivity index (χ2n) is 4.71. The van der Waals surface area contributed by atoms with Crippen LogP contribution >= 0.6 is 15.9 Å². The van der Waals surface area contributed by atoms with Crippen LogP contribution in [0.1, 0.15) is 17.0 Å². The number of nitrogens with one attached hydrogen (secondary N) is 1. The molecule has 3 aromatic rings. The molecule has 0 radical (unpaired) electrons. The van der Waals surface area contributed by atoms with E-state index in [1.807, 2.05) is 37.0 Å². The molecule has 0 amide bonds. The molecular weight excluding hydrogens is 320 g/mol. The maximum atomic E-state index is 4.43. The minimum absolute atomic E-state index is 0.616. The fourth-order valence-electron chi connectivity index (χ4n) is 2.17. The molecule has 0 aliphatic rings. The van der Waals surface area contributed by atoms with Gasteiger partial charge in [-0.3, -0.25) is 4.68 Å². The highest BCUT2D eigenvalue weighted by atomic mass is 79.9. The van der Waals surface area contributed by atoms with Crippen molar-refractivity contribution in [3.63, 3.8) is 0 Å². The van der Waals surface area contributed by atoms with Crippen LogP contribution in [-0.2, 0) is 13.6 Å². The summed E-state index contributed by atoms with van der Waals surface area (Å²) in [5.74, 6) is 0.616. The Kier molecular flexibility index (Phi) is 3.21. The first-order valence-electron chi connectivity index (χ1n) is 6.29. The zero-order valence-electron chi connectivity index (χ0n) is 11.6. The zero-order chi connectivity index (χ0) is 14.3. The van der Waals surface area contributed by atoms with Gasteiger partial charge in [-0.1, -0.05) is 0 Å². The van der Waals surface area contributed by atoms with Gasteiger partial charge in [0.25, 0.3) is 0 Å². The number of fused-ring (bicyclic) bond motifs is 1. The molecule has 3 heterocycles. The van der Waals surface area contributed by atoms with Crippen LogP contribution in [0.25, 0.3) is 5.65 Å². The number of rotatable bonds is 3. The summed E-state index contributed by atoms with van der Waals surface area (Å²) >= 11 is 3.42. The Labute approximate surface area is 124 Å².